The third kappa shape index (κ3) is 4.66. The van der Waals surface area contributed by atoms with Crippen LogP contribution in [0.25, 0.3) is 0 Å². The molecule has 20 heavy (non-hydrogen) atoms. The van der Waals surface area contributed by atoms with Crippen molar-refractivity contribution in [3.63, 3.8) is 0 Å². The second-order valence-electron chi connectivity index (χ2n) is 5.36. The van der Waals surface area contributed by atoms with Gasteiger partial charge in [-0.3, -0.25) is 9.59 Å². The van der Waals surface area contributed by atoms with Crippen LogP contribution in [0.15, 0.2) is 24.3 Å². The van der Waals surface area contributed by atoms with Gasteiger partial charge in [0.25, 0.3) is 5.91 Å². The van der Waals surface area contributed by atoms with Gasteiger partial charge >= 0.3 is 5.97 Å². The lowest BCUT2D eigenvalue weighted by atomic mass is 10.1. The molecule has 1 aromatic carbocycles. The van der Waals surface area contributed by atoms with Crippen LogP contribution in [-0.2, 0) is 11.3 Å². The van der Waals surface area contributed by atoms with E-state index < -0.39 is 5.97 Å². The lowest BCUT2D eigenvalue weighted by molar-refractivity contribution is -0.138. The number of hydrogen-bond acceptors (Lipinski definition) is 3. The summed E-state index contributed by atoms with van der Waals surface area (Å²) in [5, 5.41) is 8.87. The second kappa shape index (κ2) is 7.05. The number of carbonyl (C=O) groups is 2. The minimum Gasteiger partial charge on any atom is -0.480 e. The lowest BCUT2D eigenvalue weighted by Gasteiger charge is -2.25. The molecule has 0 aliphatic rings. The van der Waals surface area contributed by atoms with Crippen LogP contribution in [0.4, 0.5) is 0 Å². The second-order valence-corrected chi connectivity index (χ2v) is 5.36. The van der Waals surface area contributed by atoms with Crippen LogP contribution in [0.1, 0.15) is 29.8 Å². The highest BCUT2D eigenvalue weighted by Crippen LogP contribution is 2.11. The van der Waals surface area contributed by atoms with Crippen LogP contribution in [0.5, 0.6) is 0 Å². The Hall–Kier alpha value is -1.88. The molecule has 0 saturated carbocycles. The predicted molar refractivity (Wildman–Crippen MR) is 77.6 cm³/mol. The average molecular weight is 278 g/mol. The Balaban J connectivity index is 2.86. The van der Waals surface area contributed by atoms with Crippen LogP contribution in [0.2, 0.25) is 0 Å². The summed E-state index contributed by atoms with van der Waals surface area (Å²) in [5.41, 5.74) is 1.63. The van der Waals surface area contributed by atoms with Gasteiger partial charge in [0.15, 0.2) is 0 Å². The summed E-state index contributed by atoms with van der Waals surface area (Å²) in [6.45, 7) is 4.13. The van der Waals surface area contributed by atoms with E-state index in [0.29, 0.717) is 5.56 Å². The molecule has 110 valence electrons. The molecule has 0 fully saturated rings. The van der Waals surface area contributed by atoms with E-state index in [0.717, 1.165) is 12.1 Å². The lowest BCUT2D eigenvalue weighted by Crippen LogP contribution is -2.40. The first-order valence-corrected chi connectivity index (χ1v) is 6.57. The van der Waals surface area contributed by atoms with Crippen LogP contribution in [0.3, 0.4) is 0 Å². The summed E-state index contributed by atoms with van der Waals surface area (Å²) < 4.78 is 0. The van der Waals surface area contributed by atoms with Crippen molar-refractivity contribution < 1.29 is 14.7 Å². The summed E-state index contributed by atoms with van der Waals surface area (Å²) in [4.78, 5) is 26.5. The van der Waals surface area contributed by atoms with E-state index >= 15 is 0 Å². The van der Waals surface area contributed by atoms with E-state index in [-0.39, 0.29) is 18.5 Å². The molecule has 0 spiro atoms. The third-order valence-corrected chi connectivity index (χ3v) is 2.89. The van der Waals surface area contributed by atoms with Gasteiger partial charge in [0, 0.05) is 18.2 Å². The van der Waals surface area contributed by atoms with E-state index in [1.165, 1.54) is 4.90 Å². The van der Waals surface area contributed by atoms with Gasteiger partial charge < -0.3 is 14.9 Å². The highest BCUT2D eigenvalue weighted by molar-refractivity contribution is 5.96. The van der Waals surface area contributed by atoms with Gasteiger partial charge in [0.2, 0.25) is 0 Å². The van der Waals surface area contributed by atoms with Crippen LogP contribution >= 0.6 is 0 Å². The fraction of sp³-hybridized carbons (Fsp3) is 0.467. The van der Waals surface area contributed by atoms with Gasteiger partial charge in [0.05, 0.1) is 0 Å². The molecule has 0 saturated heterocycles. The van der Waals surface area contributed by atoms with E-state index in [1.54, 1.807) is 26.0 Å². The summed E-state index contributed by atoms with van der Waals surface area (Å²) in [5.74, 6) is -1.25. The third-order valence-electron chi connectivity index (χ3n) is 2.89. The van der Waals surface area contributed by atoms with Gasteiger partial charge in [-0.2, -0.15) is 0 Å². The normalized spacial score (nSPS) is 10.9. The molecule has 5 heteroatoms. The predicted octanol–water partition coefficient (Wildman–Crippen LogP) is 1.68. The fourth-order valence-corrected chi connectivity index (χ4v) is 1.92. The standard InChI is InChI=1S/C15H22N2O3/c1-11(2)17(10-14(18)19)15(20)13-7-5-12(6-8-13)9-16(3)4/h5-8,11H,9-10H2,1-4H3,(H,18,19). The van der Waals surface area contributed by atoms with E-state index in [4.69, 9.17) is 5.11 Å². The summed E-state index contributed by atoms with van der Waals surface area (Å²) in [6, 6.07) is 7.13. The molecule has 0 aliphatic heterocycles. The molecule has 0 atom stereocenters. The molecule has 1 aromatic rings. The maximum atomic E-state index is 12.3. The Morgan fingerprint density at radius 1 is 1.15 bits per heavy atom. The number of rotatable bonds is 6. The van der Waals surface area contributed by atoms with Crippen LogP contribution in [0, 0.1) is 0 Å². The quantitative estimate of drug-likeness (QED) is 0.860. The number of hydrogen-bond donors (Lipinski definition) is 1. The monoisotopic (exact) mass is 278 g/mol. The number of aliphatic carboxylic acids is 1. The Kier molecular flexibility index (Phi) is 5.70. The van der Waals surface area contributed by atoms with Gasteiger partial charge in [-0.05, 0) is 45.6 Å². The van der Waals surface area contributed by atoms with E-state index in [9.17, 15) is 9.59 Å². The molecule has 0 aromatic heterocycles. The molecule has 0 bridgehead atoms. The molecule has 0 unspecified atom stereocenters. The first-order chi connectivity index (χ1) is 9.31. The van der Waals surface area contributed by atoms with Crippen LogP contribution < -0.4 is 0 Å². The maximum absolute atomic E-state index is 12.3. The van der Waals surface area contributed by atoms with Crippen molar-refractivity contribution in [2.75, 3.05) is 20.6 Å². The van der Waals surface area contributed by atoms with Gasteiger partial charge in [-0.15, -0.1) is 0 Å². The minimum absolute atomic E-state index is 0.153. The van der Waals surface area contributed by atoms with Crippen molar-refractivity contribution in [2.24, 2.45) is 0 Å². The Morgan fingerprint density at radius 2 is 1.70 bits per heavy atom. The molecule has 0 radical (unpaired) electrons. The smallest absolute Gasteiger partial charge is 0.323 e. The molecule has 5 nitrogen and oxygen atoms in total. The van der Waals surface area contributed by atoms with Crippen molar-refractivity contribution in [3.8, 4) is 0 Å². The molecular weight excluding hydrogens is 256 g/mol. The molecule has 0 heterocycles. The molecule has 1 amide bonds. The van der Waals surface area contributed by atoms with Crippen LogP contribution in [-0.4, -0.2) is 53.5 Å². The van der Waals surface area contributed by atoms with Gasteiger partial charge in [-0.25, -0.2) is 0 Å². The topological polar surface area (TPSA) is 60.9 Å². The molecule has 1 rings (SSSR count). The van der Waals surface area contributed by atoms with Crippen molar-refractivity contribution in [1.82, 2.24) is 9.80 Å². The Morgan fingerprint density at radius 3 is 2.10 bits per heavy atom. The van der Waals surface area contributed by atoms with Crippen molar-refractivity contribution >= 4 is 11.9 Å². The molecule has 1 N–H and O–H groups in total. The summed E-state index contributed by atoms with van der Waals surface area (Å²) in [7, 11) is 3.96. The van der Waals surface area contributed by atoms with Crippen molar-refractivity contribution in [3.05, 3.63) is 35.4 Å². The van der Waals surface area contributed by atoms with Crippen molar-refractivity contribution in [1.29, 1.82) is 0 Å². The average Bonchev–Trinajstić information content (AvgIpc) is 2.35. The molecule has 0 aliphatic carbocycles. The number of carbonyl (C=O) groups excluding carboxylic acids is 1. The maximum Gasteiger partial charge on any atom is 0.323 e. The van der Waals surface area contributed by atoms with Gasteiger partial charge in [0.1, 0.15) is 6.54 Å². The number of carboxylic acid groups (broad SMARTS) is 1. The minimum atomic E-state index is -1.00. The highest BCUT2D eigenvalue weighted by atomic mass is 16.4. The zero-order chi connectivity index (χ0) is 15.3. The Bertz CT molecular complexity index is 467. The number of benzene rings is 1. The zero-order valence-electron chi connectivity index (χ0n) is 12.5. The van der Waals surface area contributed by atoms with E-state index in [1.807, 2.05) is 31.1 Å². The molecular formula is C15H22N2O3. The largest absolute Gasteiger partial charge is 0.480 e. The first-order valence-electron chi connectivity index (χ1n) is 6.57. The highest BCUT2D eigenvalue weighted by Gasteiger charge is 2.21. The summed E-state index contributed by atoms with van der Waals surface area (Å²) >= 11 is 0. The SMILES string of the molecule is CC(C)N(CC(=O)O)C(=O)c1ccc(CN(C)C)cc1. The van der Waals surface area contributed by atoms with E-state index in [2.05, 4.69) is 0 Å². The number of nitrogens with zero attached hydrogens (tertiary/aromatic N) is 2. The number of amides is 1. The fourth-order valence-electron chi connectivity index (χ4n) is 1.92. The van der Waals surface area contributed by atoms with Gasteiger partial charge in [-0.1, -0.05) is 12.1 Å². The van der Waals surface area contributed by atoms with Crippen molar-refractivity contribution in [2.45, 2.75) is 26.4 Å². The first kappa shape index (κ1) is 16.2. The number of carboxylic acids is 1. The summed E-state index contributed by atoms with van der Waals surface area (Å²) in [6.07, 6.45) is 0. The zero-order valence-corrected chi connectivity index (χ0v) is 12.5. The Labute approximate surface area is 119 Å².